The Bertz CT molecular complexity index is 1180. The number of aromatic nitrogens is 1. The maximum Gasteiger partial charge on any atom is 0.254 e. The number of likely N-dealkylation sites (tertiary alicyclic amines) is 1. The summed E-state index contributed by atoms with van der Waals surface area (Å²) in [5, 5.41) is 4.01. The third-order valence-electron chi connectivity index (χ3n) is 6.65. The number of amides is 2. The van der Waals surface area contributed by atoms with Crippen LogP contribution in [0.15, 0.2) is 60.7 Å². The molecule has 0 unspecified atom stereocenters. The smallest absolute Gasteiger partial charge is 0.254 e. The first-order valence-electron chi connectivity index (χ1n) is 12.4. The van der Waals surface area contributed by atoms with Crippen molar-refractivity contribution in [3.8, 4) is 11.3 Å². The Labute approximate surface area is 208 Å². The third kappa shape index (κ3) is 6.06. The van der Waals surface area contributed by atoms with Gasteiger partial charge in [-0.2, -0.15) is 0 Å². The van der Waals surface area contributed by atoms with Crippen LogP contribution in [0, 0.1) is 11.3 Å². The molecule has 2 amide bonds. The molecule has 0 saturated carbocycles. The maximum atomic E-state index is 13.6. The number of fused-ring (bicyclic) bond motifs is 1. The number of pyridine rings is 1. The van der Waals surface area contributed by atoms with E-state index in [9.17, 15) is 9.59 Å². The average Bonchev–Trinajstić information content (AvgIpc) is 2.86. The number of piperidine rings is 1. The van der Waals surface area contributed by atoms with Gasteiger partial charge in [0.1, 0.15) is 0 Å². The minimum absolute atomic E-state index is 0.00626. The van der Waals surface area contributed by atoms with Crippen molar-refractivity contribution in [2.24, 2.45) is 11.3 Å². The number of nitrogens with zero attached hydrogens (tertiary/aromatic N) is 3. The largest absolute Gasteiger partial charge is 0.355 e. The standard InChI is InChI=1S/C29H36N4O2/c1-29(2,20-32(3)4)19-30-27(34)22-14-16-33(17-15-22)28(35)24-18-26(21-10-6-5-7-11-21)31-25-13-9-8-12-23(24)25/h5-13,18,22H,14-17,19-20H2,1-4H3,(H,30,34). The summed E-state index contributed by atoms with van der Waals surface area (Å²) in [7, 11) is 4.09. The molecule has 4 rings (SSSR count). The predicted octanol–water partition coefficient (Wildman–Crippen LogP) is 4.46. The fourth-order valence-corrected chi connectivity index (χ4v) is 5.01. The Hall–Kier alpha value is -3.25. The van der Waals surface area contributed by atoms with Crippen molar-refractivity contribution >= 4 is 22.7 Å². The van der Waals surface area contributed by atoms with Crippen LogP contribution in [-0.4, -0.2) is 66.9 Å². The molecule has 1 saturated heterocycles. The molecule has 2 heterocycles. The quantitative estimate of drug-likeness (QED) is 0.552. The molecule has 1 aliphatic heterocycles. The zero-order chi connectivity index (χ0) is 25.0. The summed E-state index contributed by atoms with van der Waals surface area (Å²) in [6.07, 6.45) is 1.36. The number of carbonyl (C=O) groups is 2. The van der Waals surface area contributed by atoms with Gasteiger partial charge in [-0.05, 0) is 44.5 Å². The van der Waals surface area contributed by atoms with E-state index in [4.69, 9.17) is 4.98 Å². The van der Waals surface area contributed by atoms with Gasteiger partial charge >= 0.3 is 0 Å². The van der Waals surface area contributed by atoms with Gasteiger partial charge in [0.25, 0.3) is 5.91 Å². The Morgan fingerprint density at radius 2 is 1.69 bits per heavy atom. The van der Waals surface area contributed by atoms with Gasteiger partial charge in [0, 0.05) is 43.0 Å². The zero-order valence-electron chi connectivity index (χ0n) is 21.3. The highest BCUT2D eigenvalue weighted by Crippen LogP contribution is 2.27. The van der Waals surface area contributed by atoms with Gasteiger partial charge in [-0.25, -0.2) is 4.98 Å². The topological polar surface area (TPSA) is 65.5 Å². The van der Waals surface area contributed by atoms with E-state index >= 15 is 0 Å². The molecule has 6 heteroatoms. The highest BCUT2D eigenvalue weighted by atomic mass is 16.2. The van der Waals surface area contributed by atoms with Crippen LogP contribution in [0.1, 0.15) is 37.0 Å². The van der Waals surface area contributed by atoms with Crippen molar-refractivity contribution in [2.75, 3.05) is 40.3 Å². The normalized spacial score (nSPS) is 14.9. The molecule has 184 valence electrons. The van der Waals surface area contributed by atoms with E-state index in [-0.39, 0.29) is 23.1 Å². The SMILES string of the molecule is CN(C)CC(C)(C)CNC(=O)C1CCN(C(=O)c2cc(-c3ccccc3)nc3ccccc23)CC1. The fourth-order valence-electron chi connectivity index (χ4n) is 5.01. The van der Waals surface area contributed by atoms with E-state index in [1.165, 1.54) is 0 Å². The molecule has 0 bridgehead atoms. The number of carbonyl (C=O) groups excluding carboxylic acids is 2. The van der Waals surface area contributed by atoms with E-state index in [2.05, 4.69) is 24.1 Å². The summed E-state index contributed by atoms with van der Waals surface area (Å²) in [4.78, 5) is 35.3. The molecule has 2 aromatic carbocycles. The molecule has 0 aliphatic carbocycles. The van der Waals surface area contributed by atoms with E-state index in [0.717, 1.165) is 28.7 Å². The van der Waals surface area contributed by atoms with Crippen molar-refractivity contribution in [1.82, 2.24) is 20.1 Å². The summed E-state index contributed by atoms with van der Waals surface area (Å²) in [5.74, 6) is 0.0553. The summed E-state index contributed by atoms with van der Waals surface area (Å²) in [6, 6.07) is 19.7. The Morgan fingerprint density at radius 3 is 2.37 bits per heavy atom. The van der Waals surface area contributed by atoms with Gasteiger partial charge in [0.05, 0.1) is 16.8 Å². The predicted molar refractivity (Wildman–Crippen MR) is 141 cm³/mol. The number of benzene rings is 2. The first kappa shape index (κ1) is 24.9. The van der Waals surface area contributed by atoms with Gasteiger partial charge in [-0.3, -0.25) is 9.59 Å². The Kier molecular flexibility index (Phi) is 7.51. The molecular weight excluding hydrogens is 436 g/mol. The summed E-state index contributed by atoms with van der Waals surface area (Å²) in [6.45, 7) is 7.04. The van der Waals surface area contributed by atoms with Crippen LogP contribution in [0.2, 0.25) is 0 Å². The molecule has 0 spiro atoms. The molecule has 1 N–H and O–H groups in total. The Morgan fingerprint density at radius 1 is 1.03 bits per heavy atom. The molecule has 1 aromatic heterocycles. The van der Waals surface area contributed by atoms with Crippen molar-refractivity contribution in [3.63, 3.8) is 0 Å². The summed E-state index contributed by atoms with van der Waals surface area (Å²) >= 11 is 0. The molecule has 0 atom stereocenters. The van der Waals surface area contributed by atoms with Gasteiger partial charge in [0.15, 0.2) is 0 Å². The lowest BCUT2D eigenvalue weighted by molar-refractivity contribution is -0.126. The first-order chi connectivity index (χ1) is 16.7. The lowest BCUT2D eigenvalue weighted by Crippen LogP contribution is -2.46. The van der Waals surface area contributed by atoms with E-state index in [1.54, 1.807) is 0 Å². The minimum Gasteiger partial charge on any atom is -0.355 e. The van der Waals surface area contributed by atoms with Crippen LogP contribution in [0.3, 0.4) is 0 Å². The second kappa shape index (κ2) is 10.6. The van der Waals surface area contributed by atoms with Crippen LogP contribution in [-0.2, 0) is 4.79 Å². The Balaban J connectivity index is 1.45. The van der Waals surface area contributed by atoms with Crippen molar-refractivity contribution in [1.29, 1.82) is 0 Å². The first-order valence-corrected chi connectivity index (χ1v) is 12.4. The fraction of sp³-hybridized carbons (Fsp3) is 0.414. The van der Waals surface area contributed by atoms with E-state index in [0.29, 0.717) is 38.0 Å². The third-order valence-corrected chi connectivity index (χ3v) is 6.65. The molecule has 35 heavy (non-hydrogen) atoms. The maximum absolute atomic E-state index is 13.6. The van der Waals surface area contributed by atoms with Gasteiger partial charge in [-0.1, -0.05) is 62.4 Å². The second-order valence-electron chi connectivity index (χ2n) is 10.6. The second-order valence-corrected chi connectivity index (χ2v) is 10.6. The molecule has 1 fully saturated rings. The highest BCUT2D eigenvalue weighted by molar-refractivity contribution is 6.07. The number of hydrogen-bond donors (Lipinski definition) is 1. The van der Waals surface area contributed by atoms with E-state index in [1.807, 2.05) is 79.7 Å². The highest BCUT2D eigenvalue weighted by Gasteiger charge is 2.30. The van der Waals surface area contributed by atoms with Crippen molar-refractivity contribution in [2.45, 2.75) is 26.7 Å². The van der Waals surface area contributed by atoms with Gasteiger partial charge in [-0.15, -0.1) is 0 Å². The lowest BCUT2D eigenvalue weighted by atomic mass is 9.91. The minimum atomic E-state index is -0.0525. The lowest BCUT2D eigenvalue weighted by Gasteiger charge is -2.33. The van der Waals surface area contributed by atoms with Crippen LogP contribution in [0.5, 0.6) is 0 Å². The summed E-state index contributed by atoms with van der Waals surface area (Å²) < 4.78 is 0. The van der Waals surface area contributed by atoms with Crippen molar-refractivity contribution in [3.05, 3.63) is 66.2 Å². The van der Waals surface area contributed by atoms with Crippen LogP contribution in [0.25, 0.3) is 22.2 Å². The summed E-state index contributed by atoms with van der Waals surface area (Å²) in [5.41, 5.74) is 3.27. The number of para-hydroxylation sites is 1. The van der Waals surface area contributed by atoms with Crippen molar-refractivity contribution < 1.29 is 9.59 Å². The van der Waals surface area contributed by atoms with Crippen LogP contribution < -0.4 is 5.32 Å². The van der Waals surface area contributed by atoms with Crippen LogP contribution in [0.4, 0.5) is 0 Å². The number of rotatable bonds is 7. The molecular formula is C29H36N4O2. The monoisotopic (exact) mass is 472 g/mol. The van der Waals surface area contributed by atoms with Crippen LogP contribution >= 0.6 is 0 Å². The van der Waals surface area contributed by atoms with E-state index < -0.39 is 0 Å². The molecule has 6 nitrogen and oxygen atoms in total. The van der Waals surface area contributed by atoms with Gasteiger partial charge < -0.3 is 15.1 Å². The molecule has 3 aromatic rings. The zero-order valence-corrected chi connectivity index (χ0v) is 21.3. The average molecular weight is 473 g/mol. The molecule has 1 aliphatic rings. The number of nitrogens with one attached hydrogen (secondary N) is 1. The number of hydrogen-bond acceptors (Lipinski definition) is 4. The molecule has 0 radical (unpaired) electrons. The van der Waals surface area contributed by atoms with Gasteiger partial charge in [0.2, 0.25) is 5.91 Å².